The molecule has 0 saturated carbocycles. The lowest BCUT2D eigenvalue weighted by molar-refractivity contribution is -0.0503. The van der Waals surface area contributed by atoms with Crippen LogP contribution in [-0.2, 0) is 0 Å². The van der Waals surface area contributed by atoms with Gasteiger partial charge in [-0.25, -0.2) is 0 Å². The monoisotopic (exact) mass is 199 g/mol. The van der Waals surface area contributed by atoms with Gasteiger partial charge in [0, 0.05) is 5.56 Å². The first-order valence-electron chi connectivity index (χ1n) is 3.75. The van der Waals surface area contributed by atoms with Crippen LogP contribution in [0, 0.1) is 18.4 Å². The van der Waals surface area contributed by atoms with Crippen LogP contribution in [0.15, 0.2) is 18.2 Å². The van der Waals surface area contributed by atoms with Crippen LogP contribution >= 0.6 is 0 Å². The summed E-state index contributed by atoms with van der Waals surface area (Å²) < 4.78 is 32.5. The Morgan fingerprint density at radius 3 is 2.57 bits per heavy atom. The van der Waals surface area contributed by atoms with Crippen molar-refractivity contribution in [1.29, 1.82) is 5.26 Å². The number of hydrogen-bond donors (Lipinski definition) is 0. The molecule has 0 aliphatic heterocycles. The highest BCUT2D eigenvalue weighted by molar-refractivity contribution is 5.44. The normalized spacial score (nSPS) is 9.64. The molecule has 0 spiro atoms. The molecular formula is C9H7F2NO2. The van der Waals surface area contributed by atoms with E-state index in [1.165, 1.54) is 31.4 Å². The third kappa shape index (κ3) is 2.33. The van der Waals surface area contributed by atoms with E-state index in [-0.39, 0.29) is 11.5 Å². The molecule has 0 aromatic heterocycles. The van der Waals surface area contributed by atoms with Gasteiger partial charge in [0.25, 0.3) is 6.26 Å². The van der Waals surface area contributed by atoms with Crippen LogP contribution in [0.1, 0.15) is 5.56 Å². The summed E-state index contributed by atoms with van der Waals surface area (Å²) in [7, 11) is 0. The second-order valence-electron chi connectivity index (χ2n) is 2.45. The van der Waals surface area contributed by atoms with Crippen molar-refractivity contribution in [3.05, 3.63) is 23.8 Å². The summed E-state index contributed by atoms with van der Waals surface area (Å²) >= 11 is 0. The first-order valence-corrected chi connectivity index (χ1v) is 3.75. The summed E-state index contributed by atoms with van der Waals surface area (Å²) in [5, 5.41) is 8.26. The number of rotatable bonds is 3. The molecule has 0 atom stereocenters. The number of nitriles is 1. The average molecular weight is 199 g/mol. The molecule has 0 aliphatic carbocycles. The SMILES string of the molecule is Cc1c(OC#N)cccc1OC(F)F. The van der Waals surface area contributed by atoms with Gasteiger partial charge in [0.2, 0.25) is 0 Å². The summed E-state index contributed by atoms with van der Waals surface area (Å²) in [4.78, 5) is 0. The number of hydrogen-bond acceptors (Lipinski definition) is 3. The third-order valence-corrected chi connectivity index (χ3v) is 1.61. The van der Waals surface area contributed by atoms with Crippen molar-refractivity contribution in [2.75, 3.05) is 0 Å². The van der Waals surface area contributed by atoms with E-state index < -0.39 is 6.61 Å². The Labute approximate surface area is 79.5 Å². The van der Waals surface area contributed by atoms with E-state index in [4.69, 9.17) is 5.26 Å². The molecule has 74 valence electrons. The standard InChI is InChI=1S/C9H7F2NO2/c1-6-7(13-5-12)3-2-4-8(6)14-9(10)11/h2-4,9H,1H3. The zero-order chi connectivity index (χ0) is 10.6. The van der Waals surface area contributed by atoms with E-state index in [1.54, 1.807) is 0 Å². The van der Waals surface area contributed by atoms with Gasteiger partial charge in [-0.1, -0.05) is 6.07 Å². The molecule has 1 rings (SSSR count). The Morgan fingerprint density at radius 1 is 1.36 bits per heavy atom. The largest absolute Gasteiger partial charge is 0.434 e. The van der Waals surface area contributed by atoms with Gasteiger partial charge >= 0.3 is 6.61 Å². The van der Waals surface area contributed by atoms with Crippen molar-refractivity contribution in [1.82, 2.24) is 0 Å². The summed E-state index contributed by atoms with van der Waals surface area (Å²) in [5.74, 6) is 0.221. The maximum Gasteiger partial charge on any atom is 0.387 e. The van der Waals surface area contributed by atoms with Crippen LogP contribution in [0.25, 0.3) is 0 Å². The molecule has 0 bridgehead atoms. The molecule has 0 aliphatic rings. The molecule has 3 nitrogen and oxygen atoms in total. The van der Waals surface area contributed by atoms with Gasteiger partial charge in [0.05, 0.1) is 0 Å². The van der Waals surface area contributed by atoms with Crippen LogP contribution < -0.4 is 9.47 Å². The van der Waals surface area contributed by atoms with E-state index in [9.17, 15) is 8.78 Å². The second kappa shape index (κ2) is 4.42. The summed E-state index contributed by atoms with van der Waals surface area (Å²) in [6, 6.07) is 4.35. The van der Waals surface area contributed by atoms with Crippen molar-refractivity contribution in [3.63, 3.8) is 0 Å². The Bertz CT molecular complexity index is 360. The molecule has 0 N–H and O–H groups in total. The van der Waals surface area contributed by atoms with Crippen LogP contribution in [0.3, 0.4) is 0 Å². The van der Waals surface area contributed by atoms with Gasteiger partial charge in [0.15, 0.2) is 0 Å². The molecule has 0 saturated heterocycles. The van der Waals surface area contributed by atoms with Crippen molar-refractivity contribution in [3.8, 4) is 17.8 Å². The van der Waals surface area contributed by atoms with Crippen molar-refractivity contribution >= 4 is 0 Å². The van der Waals surface area contributed by atoms with Crippen LogP contribution in [0.4, 0.5) is 8.78 Å². The van der Waals surface area contributed by atoms with Crippen LogP contribution in [0.5, 0.6) is 11.5 Å². The Kier molecular flexibility index (Phi) is 3.24. The van der Waals surface area contributed by atoms with Gasteiger partial charge in [-0.15, -0.1) is 5.26 Å². The van der Waals surface area contributed by atoms with E-state index in [0.717, 1.165) is 0 Å². The van der Waals surface area contributed by atoms with E-state index in [0.29, 0.717) is 5.56 Å². The number of nitrogens with zero attached hydrogens (tertiary/aromatic N) is 1. The maximum absolute atomic E-state index is 11.9. The fraction of sp³-hybridized carbons (Fsp3) is 0.222. The van der Waals surface area contributed by atoms with E-state index >= 15 is 0 Å². The number of ether oxygens (including phenoxy) is 2. The lowest BCUT2D eigenvalue weighted by Gasteiger charge is -2.09. The molecule has 1 aromatic carbocycles. The third-order valence-electron chi connectivity index (χ3n) is 1.61. The van der Waals surface area contributed by atoms with Gasteiger partial charge in [-0.3, -0.25) is 0 Å². The molecule has 5 heteroatoms. The van der Waals surface area contributed by atoms with Gasteiger partial charge in [-0.2, -0.15) is 8.78 Å². The zero-order valence-corrected chi connectivity index (χ0v) is 7.33. The topological polar surface area (TPSA) is 42.2 Å². The first kappa shape index (κ1) is 10.3. The molecule has 0 fully saturated rings. The van der Waals surface area contributed by atoms with Crippen molar-refractivity contribution in [2.45, 2.75) is 13.5 Å². The number of halogens is 2. The maximum atomic E-state index is 11.9. The summed E-state index contributed by atoms with van der Waals surface area (Å²) in [6.45, 7) is -1.35. The van der Waals surface area contributed by atoms with E-state index in [2.05, 4.69) is 9.47 Å². The van der Waals surface area contributed by atoms with Gasteiger partial charge in [0.1, 0.15) is 11.5 Å². The van der Waals surface area contributed by atoms with E-state index in [1.807, 2.05) is 0 Å². The molecule has 1 aromatic rings. The minimum atomic E-state index is -2.88. The highest BCUT2D eigenvalue weighted by atomic mass is 19.3. The predicted octanol–water partition coefficient (Wildman–Crippen LogP) is 2.46. The molecule has 14 heavy (non-hydrogen) atoms. The molecular weight excluding hydrogens is 192 g/mol. The minimum Gasteiger partial charge on any atom is -0.434 e. The van der Waals surface area contributed by atoms with Crippen molar-refractivity contribution in [2.24, 2.45) is 0 Å². The fourth-order valence-corrected chi connectivity index (χ4v) is 0.978. The van der Waals surface area contributed by atoms with Crippen molar-refractivity contribution < 1.29 is 18.3 Å². The number of alkyl halides is 2. The molecule has 0 unspecified atom stereocenters. The quantitative estimate of drug-likeness (QED) is 0.702. The predicted molar refractivity (Wildman–Crippen MR) is 44.1 cm³/mol. The average Bonchev–Trinajstić information content (AvgIpc) is 2.11. The highest BCUT2D eigenvalue weighted by Gasteiger charge is 2.10. The lowest BCUT2D eigenvalue weighted by atomic mass is 10.2. The summed E-state index contributed by atoms with van der Waals surface area (Å²) in [5.41, 5.74) is 0.370. The Balaban J connectivity index is 2.96. The molecule has 0 radical (unpaired) electrons. The lowest BCUT2D eigenvalue weighted by Crippen LogP contribution is -2.03. The zero-order valence-electron chi connectivity index (χ0n) is 7.33. The van der Waals surface area contributed by atoms with Gasteiger partial charge in [-0.05, 0) is 19.1 Å². The van der Waals surface area contributed by atoms with Crippen LogP contribution in [-0.4, -0.2) is 6.61 Å². The first-order chi connectivity index (χ1) is 6.65. The molecule has 0 heterocycles. The number of benzene rings is 1. The Hall–Kier alpha value is -1.83. The second-order valence-corrected chi connectivity index (χ2v) is 2.45. The highest BCUT2D eigenvalue weighted by Crippen LogP contribution is 2.28. The fourth-order valence-electron chi connectivity index (χ4n) is 0.978. The van der Waals surface area contributed by atoms with Crippen LogP contribution in [0.2, 0.25) is 0 Å². The molecule has 0 amide bonds. The Morgan fingerprint density at radius 2 is 2.00 bits per heavy atom. The minimum absolute atomic E-state index is 0.00718. The van der Waals surface area contributed by atoms with Gasteiger partial charge < -0.3 is 9.47 Å². The summed E-state index contributed by atoms with van der Waals surface area (Å²) in [6.07, 6.45) is 1.46. The smallest absolute Gasteiger partial charge is 0.387 e.